The van der Waals surface area contributed by atoms with Gasteiger partial charge in [0.15, 0.2) is 0 Å². The van der Waals surface area contributed by atoms with Gasteiger partial charge in [-0.3, -0.25) is 4.79 Å². The fourth-order valence-electron chi connectivity index (χ4n) is 5.32. The third kappa shape index (κ3) is 2.85. The lowest BCUT2D eigenvalue weighted by atomic mass is 9.76. The maximum atomic E-state index is 14.2. The van der Waals surface area contributed by atoms with Crippen LogP contribution in [0.3, 0.4) is 0 Å². The molecule has 33 heavy (non-hydrogen) atoms. The highest BCUT2D eigenvalue weighted by Crippen LogP contribution is 2.53. The molecule has 2 aliphatic heterocycles. The van der Waals surface area contributed by atoms with Crippen LogP contribution in [0.25, 0.3) is 11.1 Å². The van der Waals surface area contributed by atoms with Crippen LogP contribution < -0.4 is 9.64 Å². The van der Waals surface area contributed by atoms with Crippen LogP contribution in [-0.4, -0.2) is 12.5 Å². The van der Waals surface area contributed by atoms with E-state index in [2.05, 4.69) is 80.6 Å². The van der Waals surface area contributed by atoms with Crippen LogP contribution in [-0.2, 0) is 16.8 Å². The van der Waals surface area contributed by atoms with Crippen molar-refractivity contribution in [2.45, 2.75) is 25.8 Å². The number of hydrogen-bond acceptors (Lipinski definition) is 2. The molecular formula is C30H25NO2. The number of amides is 1. The number of nitrogens with zero attached hydrogens (tertiary/aromatic N) is 1. The highest BCUT2D eigenvalue weighted by Gasteiger charge is 2.56. The number of ether oxygens (including phenoxy) is 1. The zero-order chi connectivity index (χ0) is 22.6. The first kappa shape index (κ1) is 19.8. The standard InChI is InChI=1S/C30H25NO2/c1-20-16-26-28(17-21(20)2)33-19-30(26)25-14-8-9-15-27(25)31(29(30)32)18-23-12-6-7-13-24(23)22-10-4-3-5-11-22/h3-17H,18-19H2,1-2H3. The number of carbonyl (C=O) groups is 1. The van der Waals surface area contributed by atoms with Gasteiger partial charge in [0.2, 0.25) is 5.91 Å². The third-order valence-electron chi connectivity index (χ3n) is 7.20. The Bertz CT molecular complexity index is 1390. The van der Waals surface area contributed by atoms with Crippen LogP contribution in [0.15, 0.2) is 91.0 Å². The predicted molar refractivity (Wildman–Crippen MR) is 132 cm³/mol. The van der Waals surface area contributed by atoms with Crippen molar-refractivity contribution in [1.82, 2.24) is 0 Å². The minimum absolute atomic E-state index is 0.0913. The number of fused-ring (bicyclic) bond motifs is 4. The highest BCUT2D eigenvalue weighted by molar-refractivity contribution is 6.11. The van der Waals surface area contributed by atoms with E-state index in [0.29, 0.717) is 13.2 Å². The maximum Gasteiger partial charge on any atom is 0.246 e. The van der Waals surface area contributed by atoms with Crippen molar-refractivity contribution in [2.75, 3.05) is 11.5 Å². The van der Waals surface area contributed by atoms with Crippen LogP contribution in [0.1, 0.15) is 27.8 Å². The molecule has 3 heteroatoms. The first-order valence-corrected chi connectivity index (χ1v) is 11.4. The van der Waals surface area contributed by atoms with Gasteiger partial charge in [-0.1, -0.05) is 78.9 Å². The van der Waals surface area contributed by atoms with Gasteiger partial charge in [0.25, 0.3) is 0 Å². The molecule has 0 aromatic heterocycles. The molecule has 2 heterocycles. The van der Waals surface area contributed by atoms with Gasteiger partial charge in [0, 0.05) is 11.3 Å². The normalized spacial score (nSPS) is 18.4. The molecule has 0 saturated carbocycles. The Balaban J connectivity index is 1.48. The molecule has 0 radical (unpaired) electrons. The molecule has 0 saturated heterocycles. The lowest BCUT2D eigenvalue weighted by Crippen LogP contribution is -2.42. The quantitative estimate of drug-likeness (QED) is 0.387. The Kier molecular flexibility index (Phi) is 4.41. The second-order valence-corrected chi connectivity index (χ2v) is 9.06. The fraction of sp³-hybridized carbons (Fsp3) is 0.167. The van der Waals surface area contributed by atoms with E-state index in [1.807, 2.05) is 29.2 Å². The van der Waals surface area contributed by atoms with Crippen LogP contribution in [0.5, 0.6) is 5.75 Å². The van der Waals surface area contributed by atoms with Gasteiger partial charge in [-0.2, -0.15) is 0 Å². The van der Waals surface area contributed by atoms with Gasteiger partial charge < -0.3 is 9.64 Å². The molecule has 0 aliphatic carbocycles. The van der Waals surface area contributed by atoms with Crippen molar-refractivity contribution in [3.05, 3.63) is 119 Å². The zero-order valence-electron chi connectivity index (χ0n) is 18.8. The summed E-state index contributed by atoms with van der Waals surface area (Å²) in [6, 6.07) is 31.1. The molecule has 162 valence electrons. The largest absolute Gasteiger partial charge is 0.491 e. The summed E-state index contributed by atoms with van der Waals surface area (Å²) in [5.74, 6) is 0.918. The summed E-state index contributed by atoms with van der Waals surface area (Å²) in [5, 5.41) is 0. The Morgan fingerprint density at radius 1 is 0.818 bits per heavy atom. The van der Waals surface area contributed by atoms with Crippen molar-refractivity contribution in [1.29, 1.82) is 0 Å². The lowest BCUT2D eigenvalue weighted by Gasteiger charge is -2.24. The van der Waals surface area contributed by atoms with E-state index >= 15 is 0 Å². The average molecular weight is 432 g/mol. The van der Waals surface area contributed by atoms with Crippen molar-refractivity contribution in [3.8, 4) is 16.9 Å². The van der Waals surface area contributed by atoms with Gasteiger partial charge in [-0.05, 0) is 59.4 Å². The average Bonchev–Trinajstić information content (AvgIpc) is 3.32. The van der Waals surface area contributed by atoms with E-state index in [0.717, 1.165) is 39.3 Å². The Morgan fingerprint density at radius 3 is 2.36 bits per heavy atom. The van der Waals surface area contributed by atoms with E-state index in [1.54, 1.807) is 0 Å². The summed E-state index contributed by atoms with van der Waals surface area (Å²) >= 11 is 0. The summed E-state index contributed by atoms with van der Waals surface area (Å²) in [6.07, 6.45) is 0. The number of para-hydroxylation sites is 1. The van der Waals surface area contributed by atoms with Gasteiger partial charge in [0.1, 0.15) is 17.8 Å². The summed E-state index contributed by atoms with van der Waals surface area (Å²) in [5.41, 5.74) is 8.00. The maximum absolute atomic E-state index is 14.2. The van der Waals surface area contributed by atoms with Crippen LogP contribution in [0.4, 0.5) is 5.69 Å². The molecule has 0 N–H and O–H groups in total. The minimum Gasteiger partial charge on any atom is -0.491 e. The number of aryl methyl sites for hydroxylation is 2. The molecule has 0 fully saturated rings. The Labute approximate surface area is 194 Å². The molecular weight excluding hydrogens is 406 g/mol. The molecule has 1 amide bonds. The van der Waals surface area contributed by atoms with E-state index in [9.17, 15) is 4.79 Å². The molecule has 2 aliphatic rings. The van der Waals surface area contributed by atoms with Gasteiger partial charge in [-0.25, -0.2) is 0 Å². The molecule has 1 atom stereocenters. The smallest absolute Gasteiger partial charge is 0.246 e. The second-order valence-electron chi connectivity index (χ2n) is 9.06. The van der Waals surface area contributed by atoms with Gasteiger partial charge in [-0.15, -0.1) is 0 Å². The lowest BCUT2D eigenvalue weighted by molar-refractivity contribution is -0.122. The molecule has 3 nitrogen and oxygen atoms in total. The molecule has 4 aromatic carbocycles. The predicted octanol–water partition coefficient (Wildman–Crippen LogP) is 6.20. The monoisotopic (exact) mass is 431 g/mol. The van der Waals surface area contributed by atoms with Gasteiger partial charge in [0.05, 0.1) is 6.54 Å². The van der Waals surface area contributed by atoms with Crippen molar-refractivity contribution in [2.24, 2.45) is 0 Å². The van der Waals surface area contributed by atoms with Crippen LogP contribution >= 0.6 is 0 Å². The van der Waals surface area contributed by atoms with E-state index in [4.69, 9.17) is 4.74 Å². The molecule has 4 aromatic rings. The number of benzene rings is 4. The highest BCUT2D eigenvalue weighted by atomic mass is 16.5. The second kappa shape index (κ2) is 7.35. The number of anilines is 1. The summed E-state index contributed by atoms with van der Waals surface area (Å²) in [4.78, 5) is 16.2. The van der Waals surface area contributed by atoms with Crippen LogP contribution in [0, 0.1) is 13.8 Å². The van der Waals surface area contributed by atoms with Crippen molar-refractivity contribution >= 4 is 11.6 Å². The summed E-state index contributed by atoms with van der Waals surface area (Å²) in [7, 11) is 0. The molecule has 1 spiro atoms. The summed E-state index contributed by atoms with van der Waals surface area (Å²) < 4.78 is 6.14. The minimum atomic E-state index is -0.786. The summed E-state index contributed by atoms with van der Waals surface area (Å²) in [6.45, 7) is 5.04. The first-order chi connectivity index (χ1) is 16.1. The Hall–Kier alpha value is -3.85. The molecule has 0 bridgehead atoms. The van der Waals surface area contributed by atoms with E-state index in [-0.39, 0.29) is 5.91 Å². The zero-order valence-corrected chi connectivity index (χ0v) is 18.8. The van der Waals surface area contributed by atoms with Crippen molar-refractivity contribution in [3.63, 3.8) is 0 Å². The Morgan fingerprint density at radius 2 is 1.52 bits per heavy atom. The van der Waals surface area contributed by atoms with Crippen molar-refractivity contribution < 1.29 is 9.53 Å². The topological polar surface area (TPSA) is 29.5 Å². The third-order valence-corrected chi connectivity index (χ3v) is 7.20. The number of hydrogen-bond donors (Lipinski definition) is 0. The molecule has 6 rings (SSSR count). The molecule has 1 unspecified atom stereocenters. The van der Waals surface area contributed by atoms with Crippen LogP contribution in [0.2, 0.25) is 0 Å². The number of carbonyl (C=O) groups excluding carboxylic acids is 1. The van der Waals surface area contributed by atoms with E-state index in [1.165, 1.54) is 11.1 Å². The van der Waals surface area contributed by atoms with E-state index < -0.39 is 5.41 Å². The fourth-order valence-corrected chi connectivity index (χ4v) is 5.32. The van der Waals surface area contributed by atoms with Gasteiger partial charge >= 0.3 is 0 Å². The number of rotatable bonds is 3. The first-order valence-electron chi connectivity index (χ1n) is 11.4. The SMILES string of the molecule is Cc1cc2c(cc1C)C1(CO2)C(=O)N(Cc2ccccc2-c2ccccc2)c2ccccc21.